The number of sulfonamides is 1. The topological polar surface area (TPSA) is 95.1 Å². The SMILES string of the molecule is O=S(=O)(NC1CC1)c1cccc(-c2cnc3[nH]c(C#CCO)cc3c2)c1. The minimum atomic E-state index is -3.49. The molecule has 3 N–H and O–H groups in total. The number of nitrogens with zero attached hydrogens (tertiary/aromatic N) is 1. The van der Waals surface area contributed by atoms with Crippen LogP contribution in [-0.4, -0.2) is 36.1 Å². The Kier molecular flexibility index (Phi) is 4.24. The molecule has 0 saturated heterocycles. The zero-order valence-corrected chi connectivity index (χ0v) is 14.7. The number of aliphatic hydroxyl groups excluding tert-OH is 1. The van der Waals surface area contributed by atoms with Gasteiger partial charge in [0, 0.05) is 23.2 Å². The van der Waals surface area contributed by atoms with Crippen LogP contribution in [0.15, 0.2) is 47.5 Å². The van der Waals surface area contributed by atoms with Gasteiger partial charge in [-0.25, -0.2) is 18.1 Å². The van der Waals surface area contributed by atoms with Gasteiger partial charge in [0.1, 0.15) is 12.3 Å². The summed E-state index contributed by atoms with van der Waals surface area (Å²) in [7, 11) is -3.49. The monoisotopic (exact) mass is 367 g/mol. The smallest absolute Gasteiger partial charge is 0.240 e. The van der Waals surface area contributed by atoms with Crippen molar-refractivity contribution in [3.8, 4) is 23.0 Å². The summed E-state index contributed by atoms with van der Waals surface area (Å²) >= 11 is 0. The zero-order valence-electron chi connectivity index (χ0n) is 13.9. The molecule has 0 unspecified atom stereocenters. The molecule has 1 aliphatic carbocycles. The number of nitrogens with one attached hydrogen (secondary N) is 2. The summed E-state index contributed by atoms with van der Waals surface area (Å²) in [5.74, 6) is 5.40. The van der Waals surface area contributed by atoms with E-state index < -0.39 is 10.0 Å². The van der Waals surface area contributed by atoms with Crippen LogP contribution in [0.1, 0.15) is 18.5 Å². The summed E-state index contributed by atoms with van der Waals surface area (Å²) < 4.78 is 27.5. The molecule has 0 aliphatic heterocycles. The summed E-state index contributed by atoms with van der Waals surface area (Å²) in [6.45, 7) is -0.204. The van der Waals surface area contributed by atoms with Crippen LogP contribution in [0.25, 0.3) is 22.2 Å². The van der Waals surface area contributed by atoms with E-state index in [0.29, 0.717) is 11.3 Å². The van der Waals surface area contributed by atoms with Crippen LogP contribution in [-0.2, 0) is 10.0 Å². The number of aromatic amines is 1. The molecule has 1 aliphatic rings. The molecule has 6 nitrogen and oxygen atoms in total. The first kappa shape index (κ1) is 16.8. The molecule has 0 atom stereocenters. The maximum atomic E-state index is 12.4. The number of fused-ring (bicyclic) bond motifs is 1. The minimum absolute atomic E-state index is 0.0694. The second-order valence-electron chi connectivity index (χ2n) is 6.23. The third-order valence-electron chi connectivity index (χ3n) is 4.15. The molecule has 3 aromatic rings. The van der Waals surface area contributed by atoms with Gasteiger partial charge >= 0.3 is 0 Å². The molecule has 1 aromatic carbocycles. The number of rotatable bonds is 4. The molecule has 26 heavy (non-hydrogen) atoms. The van der Waals surface area contributed by atoms with E-state index >= 15 is 0 Å². The van der Waals surface area contributed by atoms with Crippen molar-refractivity contribution in [1.82, 2.24) is 14.7 Å². The van der Waals surface area contributed by atoms with Crippen LogP contribution in [0.5, 0.6) is 0 Å². The van der Waals surface area contributed by atoms with E-state index in [1.54, 1.807) is 24.4 Å². The van der Waals surface area contributed by atoms with Gasteiger partial charge in [-0.2, -0.15) is 0 Å². The number of benzene rings is 1. The van der Waals surface area contributed by atoms with Crippen molar-refractivity contribution >= 4 is 21.1 Å². The van der Waals surface area contributed by atoms with Crippen LogP contribution >= 0.6 is 0 Å². The Morgan fingerprint density at radius 1 is 1.23 bits per heavy atom. The van der Waals surface area contributed by atoms with Gasteiger partial charge in [0.15, 0.2) is 0 Å². The van der Waals surface area contributed by atoms with Crippen molar-refractivity contribution in [1.29, 1.82) is 0 Å². The first-order valence-electron chi connectivity index (χ1n) is 8.26. The largest absolute Gasteiger partial charge is 0.384 e. The summed E-state index contributed by atoms with van der Waals surface area (Å²) in [6, 6.07) is 10.7. The summed E-state index contributed by atoms with van der Waals surface area (Å²) in [5.41, 5.74) is 2.96. The minimum Gasteiger partial charge on any atom is -0.384 e. The average Bonchev–Trinajstić information content (AvgIpc) is 3.34. The fourth-order valence-corrected chi connectivity index (χ4v) is 4.06. The van der Waals surface area contributed by atoms with Crippen molar-refractivity contribution < 1.29 is 13.5 Å². The highest BCUT2D eigenvalue weighted by Gasteiger charge is 2.28. The number of pyridine rings is 1. The van der Waals surface area contributed by atoms with Crippen molar-refractivity contribution in [2.75, 3.05) is 6.61 Å². The maximum Gasteiger partial charge on any atom is 0.240 e. The van der Waals surface area contributed by atoms with Crippen LogP contribution in [0.2, 0.25) is 0 Å². The molecule has 1 saturated carbocycles. The molecular formula is C19H17N3O3S. The second kappa shape index (κ2) is 6.57. The normalized spacial score (nSPS) is 14.2. The molecule has 0 spiro atoms. The fraction of sp³-hybridized carbons (Fsp3) is 0.211. The number of hydrogen-bond acceptors (Lipinski definition) is 4. The lowest BCUT2D eigenvalue weighted by Crippen LogP contribution is -2.25. The fourth-order valence-electron chi connectivity index (χ4n) is 2.71. The first-order chi connectivity index (χ1) is 12.5. The van der Waals surface area contributed by atoms with Gasteiger partial charge < -0.3 is 10.1 Å². The van der Waals surface area contributed by atoms with Gasteiger partial charge in [0.25, 0.3) is 0 Å². The molecule has 132 valence electrons. The van der Waals surface area contributed by atoms with Crippen LogP contribution in [0.3, 0.4) is 0 Å². The maximum absolute atomic E-state index is 12.4. The molecule has 0 amide bonds. The number of aromatic nitrogens is 2. The Morgan fingerprint density at radius 3 is 2.85 bits per heavy atom. The van der Waals surface area contributed by atoms with E-state index in [1.165, 1.54) is 0 Å². The molecular weight excluding hydrogens is 350 g/mol. The number of hydrogen-bond donors (Lipinski definition) is 3. The number of aliphatic hydroxyl groups is 1. The summed E-state index contributed by atoms with van der Waals surface area (Å²) in [5, 5.41) is 9.66. The Labute approximate surface area is 151 Å². The first-order valence-corrected chi connectivity index (χ1v) is 9.75. The second-order valence-corrected chi connectivity index (χ2v) is 7.94. The summed E-state index contributed by atoms with van der Waals surface area (Å²) in [6.07, 6.45) is 3.49. The van der Waals surface area contributed by atoms with E-state index in [2.05, 4.69) is 26.5 Å². The van der Waals surface area contributed by atoms with Gasteiger partial charge in [0.2, 0.25) is 10.0 Å². The Balaban J connectivity index is 1.69. The third-order valence-corrected chi connectivity index (χ3v) is 5.67. The standard InChI is InChI=1S/C19H17N3O3S/c23-8-2-4-17-10-14-9-15(12-20-19(14)21-17)13-3-1-5-18(11-13)26(24,25)22-16-6-7-16/h1,3,5,9-12,16,22-23H,6-8H2,(H,20,21). The molecule has 2 aromatic heterocycles. The Bertz CT molecular complexity index is 1140. The lowest BCUT2D eigenvalue weighted by molar-refractivity contribution is 0.350. The predicted octanol–water partition coefficient (Wildman–Crippen LogP) is 2.01. The van der Waals surface area contributed by atoms with Gasteiger partial charge in [-0.05, 0) is 48.6 Å². The molecule has 7 heteroatoms. The van der Waals surface area contributed by atoms with Crippen LogP contribution in [0.4, 0.5) is 0 Å². The lowest BCUT2D eigenvalue weighted by atomic mass is 10.1. The van der Waals surface area contributed by atoms with Gasteiger partial charge in [0.05, 0.1) is 10.6 Å². The van der Waals surface area contributed by atoms with Crippen LogP contribution in [0, 0.1) is 11.8 Å². The van der Waals surface area contributed by atoms with Gasteiger partial charge in [-0.15, -0.1) is 0 Å². The predicted molar refractivity (Wildman–Crippen MR) is 98.8 cm³/mol. The average molecular weight is 367 g/mol. The van der Waals surface area contributed by atoms with E-state index in [9.17, 15) is 8.42 Å². The molecule has 2 heterocycles. The molecule has 1 fully saturated rings. The van der Waals surface area contributed by atoms with Gasteiger partial charge in [-0.1, -0.05) is 18.1 Å². The quantitative estimate of drug-likeness (QED) is 0.615. The Morgan fingerprint density at radius 2 is 2.08 bits per heavy atom. The van der Waals surface area contributed by atoms with Crippen molar-refractivity contribution in [2.45, 2.75) is 23.8 Å². The van der Waals surface area contributed by atoms with Crippen molar-refractivity contribution in [3.05, 3.63) is 48.3 Å². The molecule has 0 radical (unpaired) electrons. The highest BCUT2D eigenvalue weighted by Crippen LogP contribution is 2.27. The van der Waals surface area contributed by atoms with Crippen LogP contribution < -0.4 is 4.72 Å². The van der Waals surface area contributed by atoms with E-state index in [4.69, 9.17) is 5.11 Å². The van der Waals surface area contributed by atoms with Gasteiger partial charge in [-0.3, -0.25) is 0 Å². The van der Waals surface area contributed by atoms with E-state index in [-0.39, 0.29) is 17.5 Å². The van der Waals surface area contributed by atoms with Crippen molar-refractivity contribution in [2.24, 2.45) is 0 Å². The van der Waals surface area contributed by atoms with E-state index in [0.717, 1.165) is 29.4 Å². The highest BCUT2D eigenvalue weighted by atomic mass is 32.2. The number of H-pyrrole nitrogens is 1. The van der Waals surface area contributed by atoms with Crippen molar-refractivity contribution in [3.63, 3.8) is 0 Å². The highest BCUT2D eigenvalue weighted by molar-refractivity contribution is 7.89. The molecule has 4 rings (SSSR count). The summed E-state index contributed by atoms with van der Waals surface area (Å²) in [4.78, 5) is 7.71. The van der Waals surface area contributed by atoms with E-state index in [1.807, 2.05) is 18.2 Å². The third kappa shape index (κ3) is 3.48. The zero-order chi connectivity index (χ0) is 18.1. The lowest BCUT2D eigenvalue weighted by Gasteiger charge is -2.08. The Hall–Kier alpha value is -2.66. The molecule has 0 bridgehead atoms.